The smallest absolute Gasteiger partial charge is 0.262 e. The quantitative estimate of drug-likeness (QED) is 0.720. The maximum absolute atomic E-state index is 12.9. The van der Waals surface area contributed by atoms with Gasteiger partial charge in [-0.15, -0.1) is 11.3 Å². The lowest BCUT2D eigenvalue weighted by Gasteiger charge is -2.31. The number of hydrogen-bond donors (Lipinski definition) is 1. The number of nitrogens with one attached hydrogen (secondary N) is 1. The van der Waals surface area contributed by atoms with Gasteiger partial charge >= 0.3 is 0 Å². The molecule has 1 amide bonds. The predicted octanol–water partition coefficient (Wildman–Crippen LogP) is 3.09. The van der Waals surface area contributed by atoms with Crippen LogP contribution in [-0.2, 0) is 21.9 Å². The number of hydrogen-bond acceptors (Lipinski definition) is 5. The maximum Gasteiger partial charge on any atom is 0.262 e. The molecule has 3 rings (SSSR count). The first-order chi connectivity index (χ1) is 13.7. The molecule has 1 aliphatic rings. The van der Waals surface area contributed by atoms with Crippen molar-refractivity contribution in [1.82, 2.24) is 19.2 Å². The van der Waals surface area contributed by atoms with Gasteiger partial charge in [0, 0.05) is 37.1 Å². The van der Waals surface area contributed by atoms with Gasteiger partial charge in [-0.1, -0.05) is 19.9 Å². The van der Waals surface area contributed by atoms with Crippen LogP contribution in [0, 0.1) is 18.8 Å². The van der Waals surface area contributed by atoms with Crippen LogP contribution in [0.4, 0.5) is 0 Å². The average Bonchev–Trinajstić information content (AvgIpc) is 3.32. The van der Waals surface area contributed by atoms with Gasteiger partial charge in [-0.05, 0) is 43.6 Å². The molecule has 9 heteroatoms. The van der Waals surface area contributed by atoms with Crippen LogP contribution in [0.1, 0.15) is 49.9 Å². The lowest BCUT2D eigenvalue weighted by Crippen LogP contribution is -2.43. The van der Waals surface area contributed by atoms with Crippen molar-refractivity contribution in [2.45, 2.75) is 51.1 Å². The number of amides is 1. The lowest BCUT2D eigenvalue weighted by atomic mass is 9.95. The van der Waals surface area contributed by atoms with E-state index in [1.54, 1.807) is 36.1 Å². The molecule has 1 N–H and O–H groups in total. The summed E-state index contributed by atoms with van der Waals surface area (Å²) in [7, 11) is -1.84. The summed E-state index contributed by atoms with van der Waals surface area (Å²) >= 11 is 1.65. The van der Waals surface area contributed by atoms with Gasteiger partial charge in [-0.2, -0.15) is 4.31 Å². The molecule has 0 radical (unpaired) electrons. The van der Waals surface area contributed by atoms with Gasteiger partial charge in [0.1, 0.15) is 5.82 Å². The van der Waals surface area contributed by atoms with E-state index in [1.807, 2.05) is 11.4 Å². The zero-order chi connectivity index (χ0) is 21.2. The number of imidazole rings is 1. The number of piperidine rings is 1. The lowest BCUT2D eigenvalue weighted by molar-refractivity contribution is -0.127. The van der Waals surface area contributed by atoms with Gasteiger partial charge < -0.3 is 9.88 Å². The summed E-state index contributed by atoms with van der Waals surface area (Å²) < 4.78 is 28.8. The number of carbonyl (C=O) groups is 1. The Labute approximate surface area is 177 Å². The minimum Gasteiger partial charge on any atom is -0.348 e. The molecular formula is C20H30N4O3S2. The number of thiophene rings is 1. The highest BCUT2D eigenvalue weighted by molar-refractivity contribution is 7.89. The second-order valence-corrected chi connectivity index (χ2v) is 11.0. The number of aryl methyl sites for hydroxylation is 2. The molecule has 2 aromatic heterocycles. The third-order valence-electron chi connectivity index (χ3n) is 5.43. The minimum atomic E-state index is -3.62. The van der Waals surface area contributed by atoms with Crippen LogP contribution in [0.3, 0.4) is 0 Å². The van der Waals surface area contributed by atoms with Crippen molar-refractivity contribution in [2.24, 2.45) is 18.9 Å². The van der Waals surface area contributed by atoms with Crippen LogP contribution in [0.2, 0.25) is 0 Å². The minimum absolute atomic E-state index is 0.0146. The summed E-state index contributed by atoms with van der Waals surface area (Å²) in [6.07, 6.45) is 3.48. The Morgan fingerprint density at radius 3 is 2.55 bits per heavy atom. The third-order valence-corrected chi connectivity index (χ3v) is 8.18. The maximum atomic E-state index is 12.9. The summed E-state index contributed by atoms with van der Waals surface area (Å²) in [6, 6.07) is 4.07. The molecule has 1 aliphatic heterocycles. The molecule has 29 heavy (non-hydrogen) atoms. The zero-order valence-corrected chi connectivity index (χ0v) is 19.1. The molecule has 3 heterocycles. The van der Waals surface area contributed by atoms with Crippen LogP contribution >= 0.6 is 11.3 Å². The van der Waals surface area contributed by atoms with Crippen molar-refractivity contribution < 1.29 is 13.2 Å². The largest absolute Gasteiger partial charge is 0.348 e. The Morgan fingerprint density at radius 1 is 1.34 bits per heavy atom. The van der Waals surface area contributed by atoms with E-state index >= 15 is 0 Å². The second kappa shape index (κ2) is 8.97. The van der Waals surface area contributed by atoms with Crippen molar-refractivity contribution in [3.05, 3.63) is 34.4 Å². The highest BCUT2D eigenvalue weighted by Gasteiger charge is 2.34. The first-order valence-corrected chi connectivity index (χ1v) is 12.3. The van der Waals surface area contributed by atoms with E-state index in [1.165, 1.54) is 4.31 Å². The summed E-state index contributed by atoms with van der Waals surface area (Å²) in [6.45, 7) is 6.75. The molecule has 1 unspecified atom stereocenters. The van der Waals surface area contributed by atoms with Gasteiger partial charge in [0.15, 0.2) is 5.03 Å². The van der Waals surface area contributed by atoms with Crippen molar-refractivity contribution >= 4 is 27.3 Å². The van der Waals surface area contributed by atoms with E-state index in [2.05, 4.69) is 30.2 Å². The highest BCUT2D eigenvalue weighted by Crippen LogP contribution is 2.28. The Morgan fingerprint density at radius 2 is 2.03 bits per heavy atom. The molecule has 0 aliphatic carbocycles. The van der Waals surface area contributed by atoms with Crippen LogP contribution in [0.5, 0.6) is 0 Å². The Kier molecular flexibility index (Phi) is 6.80. The Bertz CT molecular complexity index is 908. The molecular weight excluding hydrogens is 408 g/mol. The summed E-state index contributed by atoms with van der Waals surface area (Å²) in [5.74, 6) is 0.982. The Balaban J connectivity index is 1.61. The SMILES string of the molecule is Cc1nc(S(=O)(=O)N2CCC(C(=O)NC(CC(C)C)c3cccs3)CC2)cn1C. The van der Waals surface area contributed by atoms with Crippen LogP contribution in [-0.4, -0.2) is 41.3 Å². The van der Waals surface area contributed by atoms with E-state index < -0.39 is 10.0 Å². The van der Waals surface area contributed by atoms with Crippen LogP contribution < -0.4 is 5.32 Å². The molecule has 1 fully saturated rings. The molecule has 0 aromatic carbocycles. The van der Waals surface area contributed by atoms with Crippen molar-refractivity contribution in [3.63, 3.8) is 0 Å². The van der Waals surface area contributed by atoms with Gasteiger partial charge in [0.05, 0.1) is 6.04 Å². The van der Waals surface area contributed by atoms with Crippen molar-refractivity contribution in [1.29, 1.82) is 0 Å². The molecule has 0 spiro atoms. The van der Waals surface area contributed by atoms with Gasteiger partial charge in [0.25, 0.3) is 10.0 Å². The average molecular weight is 439 g/mol. The predicted molar refractivity (Wildman–Crippen MR) is 114 cm³/mol. The topological polar surface area (TPSA) is 84.3 Å². The van der Waals surface area contributed by atoms with Crippen molar-refractivity contribution in [3.8, 4) is 0 Å². The second-order valence-electron chi connectivity index (χ2n) is 8.12. The number of rotatable bonds is 7. The third kappa shape index (κ3) is 5.07. The number of nitrogens with zero attached hydrogens (tertiary/aromatic N) is 3. The monoisotopic (exact) mass is 438 g/mol. The van der Waals surface area contributed by atoms with Gasteiger partial charge in [-0.25, -0.2) is 13.4 Å². The fourth-order valence-corrected chi connectivity index (χ4v) is 5.92. The Hall–Kier alpha value is -1.71. The van der Waals surface area contributed by atoms with Crippen LogP contribution in [0.25, 0.3) is 0 Å². The highest BCUT2D eigenvalue weighted by atomic mass is 32.2. The first kappa shape index (κ1) is 22.0. The molecule has 0 bridgehead atoms. The van der Waals surface area contributed by atoms with Crippen molar-refractivity contribution in [2.75, 3.05) is 13.1 Å². The summed E-state index contributed by atoms with van der Waals surface area (Å²) in [5.41, 5.74) is 0. The zero-order valence-electron chi connectivity index (χ0n) is 17.5. The molecule has 1 atom stereocenters. The van der Waals surface area contributed by atoms with Gasteiger partial charge in [0.2, 0.25) is 5.91 Å². The summed E-state index contributed by atoms with van der Waals surface area (Å²) in [4.78, 5) is 18.2. The molecule has 2 aromatic rings. The summed E-state index contributed by atoms with van der Waals surface area (Å²) in [5, 5.41) is 5.31. The normalized spacial score (nSPS) is 17.6. The molecule has 1 saturated heterocycles. The van der Waals surface area contributed by atoms with E-state index in [0.29, 0.717) is 37.7 Å². The number of aromatic nitrogens is 2. The van der Waals surface area contributed by atoms with E-state index in [9.17, 15) is 13.2 Å². The fourth-order valence-electron chi connectivity index (χ4n) is 3.64. The van der Waals surface area contributed by atoms with E-state index in [0.717, 1.165) is 11.3 Å². The molecule has 160 valence electrons. The van der Waals surface area contributed by atoms with Gasteiger partial charge in [-0.3, -0.25) is 4.79 Å². The number of sulfonamides is 1. The van der Waals surface area contributed by atoms with Crippen LogP contribution in [0.15, 0.2) is 28.7 Å². The van der Waals surface area contributed by atoms with E-state index in [-0.39, 0.29) is 22.9 Å². The first-order valence-electron chi connectivity index (χ1n) is 10.0. The number of carbonyl (C=O) groups excluding carboxylic acids is 1. The fraction of sp³-hybridized carbons (Fsp3) is 0.600. The standard InChI is InChI=1S/C20H30N4O3S2/c1-14(2)12-17(18-6-5-11-28-18)22-20(25)16-7-9-24(10-8-16)29(26,27)19-13-23(4)15(3)21-19/h5-6,11,13-14,16-17H,7-10,12H2,1-4H3,(H,22,25). The van der Waals surface area contributed by atoms with E-state index in [4.69, 9.17) is 0 Å². The molecule has 7 nitrogen and oxygen atoms in total. The molecule has 0 saturated carbocycles.